The van der Waals surface area contributed by atoms with Crippen LogP contribution < -0.4 is 21.3 Å². The Hall–Kier alpha value is -3.63. The van der Waals surface area contributed by atoms with E-state index in [1.165, 1.54) is 12.1 Å². The van der Waals surface area contributed by atoms with E-state index in [4.69, 9.17) is 27.9 Å². The third kappa shape index (κ3) is 5.46. The summed E-state index contributed by atoms with van der Waals surface area (Å²) in [7, 11) is 1.08. The summed E-state index contributed by atoms with van der Waals surface area (Å²) in [6.45, 7) is 2.06. The lowest BCUT2D eigenvalue weighted by atomic mass is 10.1. The summed E-state index contributed by atoms with van der Waals surface area (Å²) in [4.78, 5) is 48.7. The van der Waals surface area contributed by atoms with E-state index in [1.54, 1.807) is 18.2 Å². The molecule has 0 aliphatic carbocycles. The number of hydrogen-bond donors (Lipinski definition) is 2. The van der Waals surface area contributed by atoms with Gasteiger partial charge in [0.15, 0.2) is 5.75 Å². The molecule has 0 radical (unpaired) electrons. The fraction of sp³-hybridized carbons (Fsp3) is 0.227. The first kappa shape index (κ1) is 25.0. The van der Waals surface area contributed by atoms with E-state index in [-0.39, 0.29) is 21.5 Å². The lowest BCUT2D eigenvalue weighted by Gasteiger charge is -2.14. The van der Waals surface area contributed by atoms with E-state index in [2.05, 4.69) is 22.1 Å². The fourth-order valence-corrected chi connectivity index (χ4v) is 3.65. The summed E-state index contributed by atoms with van der Waals surface area (Å²) < 4.78 is 11.2. The van der Waals surface area contributed by atoms with Crippen molar-refractivity contribution in [1.29, 1.82) is 0 Å². The van der Waals surface area contributed by atoms with Crippen molar-refractivity contribution in [2.75, 3.05) is 12.4 Å². The lowest BCUT2D eigenvalue weighted by molar-refractivity contribution is -0.105. The molecular weight excluding hydrogens is 487 g/mol. The molecule has 1 amide bonds. The maximum absolute atomic E-state index is 12.3. The number of anilines is 1. The summed E-state index contributed by atoms with van der Waals surface area (Å²) in [5.41, 5.74) is -0.863. The SMILES string of the molecule is CCCCc1cc(Oc2c(Cl)cc(-n3nc(C(=O)OC)c(=O)[nH]c3=O)cc2Cl)ccc1NC=O. The molecule has 0 fully saturated rings. The van der Waals surface area contributed by atoms with Crippen LogP contribution in [-0.4, -0.2) is 34.3 Å². The van der Waals surface area contributed by atoms with Crippen LogP contribution >= 0.6 is 23.2 Å². The number of nitrogens with zero attached hydrogens (tertiary/aromatic N) is 2. The monoisotopic (exact) mass is 506 g/mol. The zero-order chi connectivity index (χ0) is 24.8. The second-order valence-electron chi connectivity index (χ2n) is 7.04. The molecule has 0 aliphatic heterocycles. The highest BCUT2D eigenvalue weighted by molar-refractivity contribution is 6.37. The van der Waals surface area contributed by atoms with Crippen molar-refractivity contribution < 1.29 is 19.1 Å². The summed E-state index contributed by atoms with van der Waals surface area (Å²) in [5.74, 6) is -0.458. The molecule has 0 saturated heterocycles. The quantitative estimate of drug-likeness (QED) is 0.333. The number of aryl methyl sites for hydroxylation is 1. The van der Waals surface area contributed by atoms with Gasteiger partial charge in [0.1, 0.15) is 5.75 Å². The largest absolute Gasteiger partial charge is 0.464 e. The van der Waals surface area contributed by atoms with Gasteiger partial charge in [-0.1, -0.05) is 36.5 Å². The van der Waals surface area contributed by atoms with Gasteiger partial charge in [-0.05, 0) is 48.7 Å². The summed E-state index contributed by atoms with van der Waals surface area (Å²) in [5, 5.41) is 6.53. The minimum absolute atomic E-state index is 0.0484. The molecule has 178 valence electrons. The van der Waals surface area contributed by atoms with Crippen molar-refractivity contribution in [3.8, 4) is 17.2 Å². The number of carbonyl (C=O) groups excluding carboxylic acids is 2. The van der Waals surface area contributed by atoms with Crippen LogP contribution in [0.25, 0.3) is 5.69 Å². The molecule has 3 rings (SSSR count). The lowest BCUT2D eigenvalue weighted by Crippen LogP contribution is -2.36. The predicted molar refractivity (Wildman–Crippen MR) is 127 cm³/mol. The first-order chi connectivity index (χ1) is 16.3. The van der Waals surface area contributed by atoms with Crippen LogP contribution in [0, 0.1) is 0 Å². The van der Waals surface area contributed by atoms with Gasteiger partial charge in [-0.3, -0.25) is 14.6 Å². The van der Waals surface area contributed by atoms with Crippen molar-refractivity contribution in [1.82, 2.24) is 14.8 Å². The molecule has 12 heteroatoms. The van der Waals surface area contributed by atoms with Crippen LogP contribution in [0.1, 0.15) is 35.8 Å². The van der Waals surface area contributed by atoms with Crippen molar-refractivity contribution in [2.45, 2.75) is 26.2 Å². The van der Waals surface area contributed by atoms with Gasteiger partial charge in [0.05, 0.1) is 22.8 Å². The number of carbonyl (C=O) groups is 2. The maximum atomic E-state index is 12.3. The summed E-state index contributed by atoms with van der Waals surface area (Å²) in [6, 6.07) is 7.83. The predicted octanol–water partition coefficient (Wildman–Crippen LogP) is 3.72. The van der Waals surface area contributed by atoms with Crippen molar-refractivity contribution in [3.05, 3.63) is 72.5 Å². The van der Waals surface area contributed by atoms with Gasteiger partial charge >= 0.3 is 11.7 Å². The first-order valence-corrected chi connectivity index (χ1v) is 10.9. The number of esters is 1. The molecule has 0 bridgehead atoms. The average Bonchev–Trinajstić information content (AvgIpc) is 2.80. The van der Waals surface area contributed by atoms with Crippen LogP contribution in [0.15, 0.2) is 39.9 Å². The maximum Gasteiger partial charge on any atom is 0.364 e. The summed E-state index contributed by atoms with van der Waals surface area (Å²) in [6.07, 6.45) is 3.23. The number of H-pyrrole nitrogens is 1. The standard InChI is InChI=1S/C22H20Cl2N4O6/c1-3-4-5-12-8-14(6-7-17(12)25-11-29)34-19-15(23)9-13(10-16(19)24)28-22(32)26-20(30)18(27-28)21(31)33-2/h6-11H,3-5H2,1-2H3,(H,25,29)(H,26,30,32). The molecule has 0 spiro atoms. The third-order valence-corrected chi connectivity index (χ3v) is 5.31. The second kappa shape index (κ2) is 11.0. The van der Waals surface area contributed by atoms with Gasteiger partial charge in [-0.2, -0.15) is 9.78 Å². The Labute approximate surface area is 203 Å². The molecule has 0 aliphatic rings. The number of aromatic nitrogens is 3. The first-order valence-electron chi connectivity index (χ1n) is 10.1. The topological polar surface area (TPSA) is 132 Å². The number of aromatic amines is 1. The third-order valence-electron chi connectivity index (χ3n) is 4.74. The number of hydrogen-bond acceptors (Lipinski definition) is 7. The van der Waals surface area contributed by atoms with Gasteiger partial charge < -0.3 is 14.8 Å². The van der Waals surface area contributed by atoms with Crippen LogP contribution in [0.5, 0.6) is 11.5 Å². The number of methoxy groups -OCH3 is 1. The van der Waals surface area contributed by atoms with Crippen LogP contribution in [-0.2, 0) is 16.0 Å². The Bertz CT molecular complexity index is 1330. The van der Waals surface area contributed by atoms with Crippen molar-refractivity contribution in [3.63, 3.8) is 0 Å². The number of benzene rings is 2. The average molecular weight is 507 g/mol. The highest BCUT2D eigenvalue weighted by atomic mass is 35.5. The Morgan fingerprint density at radius 2 is 1.91 bits per heavy atom. The van der Waals surface area contributed by atoms with Crippen molar-refractivity contribution >= 4 is 41.3 Å². The molecule has 2 N–H and O–H groups in total. The smallest absolute Gasteiger partial charge is 0.364 e. The van der Waals surface area contributed by atoms with E-state index in [9.17, 15) is 19.2 Å². The van der Waals surface area contributed by atoms with Gasteiger partial charge in [0.2, 0.25) is 12.1 Å². The molecule has 0 unspecified atom stereocenters. The Balaban J connectivity index is 1.99. The van der Waals surface area contributed by atoms with Gasteiger partial charge in [-0.25, -0.2) is 9.59 Å². The number of nitrogens with one attached hydrogen (secondary N) is 2. The van der Waals surface area contributed by atoms with Gasteiger partial charge in [-0.15, -0.1) is 0 Å². The van der Waals surface area contributed by atoms with E-state index in [0.717, 1.165) is 36.6 Å². The molecule has 1 heterocycles. The Morgan fingerprint density at radius 1 is 1.21 bits per heavy atom. The molecule has 3 aromatic rings. The molecule has 1 aromatic heterocycles. The van der Waals surface area contributed by atoms with Gasteiger partial charge in [0.25, 0.3) is 5.56 Å². The molecule has 0 atom stereocenters. The zero-order valence-corrected chi connectivity index (χ0v) is 19.7. The minimum Gasteiger partial charge on any atom is -0.464 e. The van der Waals surface area contributed by atoms with Crippen LogP contribution in [0.2, 0.25) is 10.0 Å². The van der Waals surface area contributed by atoms with Gasteiger partial charge in [0, 0.05) is 5.69 Å². The van der Waals surface area contributed by atoms with Crippen LogP contribution in [0.4, 0.5) is 5.69 Å². The van der Waals surface area contributed by atoms with E-state index in [1.807, 2.05) is 4.98 Å². The molecule has 0 saturated carbocycles. The normalized spacial score (nSPS) is 10.6. The number of ether oxygens (including phenoxy) is 2. The summed E-state index contributed by atoms with van der Waals surface area (Å²) >= 11 is 12.8. The highest BCUT2D eigenvalue weighted by Crippen LogP contribution is 2.39. The second-order valence-corrected chi connectivity index (χ2v) is 7.85. The minimum atomic E-state index is -1.02. The highest BCUT2D eigenvalue weighted by Gasteiger charge is 2.19. The fourth-order valence-electron chi connectivity index (χ4n) is 3.10. The van der Waals surface area contributed by atoms with E-state index in [0.29, 0.717) is 17.8 Å². The van der Waals surface area contributed by atoms with E-state index < -0.39 is 22.9 Å². The number of amides is 1. The van der Waals surface area contributed by atoms with E-state index >= 15 is 0 Å². The number of unbranched alkanes of at least 4 members (excludes halogenated alkanes) is 1. The molecular formula is C22H20Cl2N4O6. The number of rotatable bonds is 9. The zero-order valence-electron chi connectivity index (χ0n) is 18.2. The van der Waals surface area contributed by atoms with Crippen LogP contribution in [0.3, 0.4) is 0 Å². The molecule has 10 nitrogen and oxygen atoms in total. The number of halogens is 2. The molecule has 34 heavy (non-hydrogen) atoms. The Kier molecular flexibility index (Phi) is 8.08. The van der Waals surface area contributed by atoms with Crippen molar-refractivity contribution in [2.24, 2.45) is 0 Å². The molecule has 2 aromatic carbocycles. The Morgan fingerprint density at radius 3 is 2.53 bits per heavy atom.